The number of hydrogen-bond acceptors (Lipinski definition) is 9. The van der Waals surface area contributed by atoms with Crippen molar-refractivity contribution in [1.29, 1.82) is 0 Å². The molecular weight excluding hydrogens is 388 g/mol. The summed E-state index contributed by atoms with van der Waals surface area (Å²) in [5.41, 5.74) is -0.988. The second-order valence-electron chi connectivity index (χ2n) is 5.63. The minimum absolute atomic E-state index is 0.123. The summed E-state index contributed by atoms with van der Waals surface area (Å²) in [7, 11) is 1.69. The van der Waals surface area contributed by atoms with Crippen molar-refractivity contribution in [1.82, 2.24) is 19.5 Å². The van der Waals surface area contributed by atoms with Gasteiger partial charge in [0, 0.05) is 7.11 Å². The first-order chi connectivity index (χ1) is 11.8. The number of H-pyrrole nitrogens is 1. The van der Waals surface area contributed by atoms with Gasteiger partial charge in [-0.3, -0.25) is 14.3 Å². The highest BCUT2D eigenvalue weighted by atomic mass is 32.4. The molecule has 3 N–H and O–H groups in total. The van der Waals surface area contributed by atoms with Gasteiger partial charge in [-0.1, -0.05) is 0 Å². The molecule has 0 radical (unpaired) electrons. The molecular formula is C12H17N5O5P2S. The number of aliphatic hydroxyl groups is 1. The van der Waals surface area contributed by atoms with E-state index < -0.39 is 24.5 Å². The Bertz CT molecular complexity index is 940. The zero-order valence-corrected chi connectivity index (χ0v) is 16.5. The molecule has 2 aromatic heterocycles. The van der Waals surface area contributed by atoms with E-state index in [0.29, 0.717) is 0 Å². The SMILES string of the molecule is CO[PH](=S)OC1=C(O)[C@H](n2cnc3c(=O)[nH]c(NP)nc32)OC1(C)C. The largest absolute Gasteiger partial charge is 0.505 e. The first kappa shape index (κ1) is 18.3. The highest BCUT2D eigenvalue weighted by Gasteiger charge is 2.44. The standard InChI is InChI=1S/C12H17N5O5P2S/c1-12(2)7(22-24(25)20-3)6(18)10(21-12)17-4-13-5-8(17)14-11(16-23)15-9(5)19/h4,10,18,24H,23H2,1-3H3,(H2,14,15,16,19)/t10-/m1/s1. The second kappa shape index (κ2) is 6.66. The Morgan fingerprint density at radius 2 is 2.32 bits per heavy atom. The zero-order valence-electron chi connectivity index (χ0n) is 13.6. The van der Waals surface area contributed by atoms with Crippen molar-refractivity contribution in [2.45, 2.75) is 25.7 Å². The van der Waals surface area contributed by atoms with E-state index in [4.69, 9.17) is 25.6 Å². The maximum atomic E-state index is 12.1. The van der Waals surface area contributed by atoms with E-state index in [9.17, 15) is 9.90 Å². The van der Waals surface area contributed by atoms with Gasteiger partial charge in [-0.15, -0.1) is 0 Å². The fraction of sp³-hybridized carbons (Fsp3) is 0.417. The summed E-state index contributed by atoms with van der Waals surface area (Å²) in [5.74, 6) is 0.257. The van der Waals surface area contributed by atoms with Gasteiger partial charge in [0.25, 0.3) is 5.56 Å². The normalized spacial score (nSPS) is 20.9. The molecule has 0 bridgehead atoms. The molecule has 3 rings (SSSR count). The average molecular weight is 405 g/mol. The highest BCUT2D eigenvalue weighted by molar-refractivity contribution is 8.00. The van der Waals surface area contributed by atoms with Crippen molar-refractivity contribution in [2.75, 3.05) is 12.2 Å². The Balaban J connectivity index is 2.11. The second-order valence-corrected chi connectivity index (χ2v) is 8.04. The minimum Gasteiger partial charge on any atom is -0.505 e. The number of nitrogens with zero attached hydrogens (tertiary/aromatic N) is 3. The van der Waals surface area contributed by atoms with Crippen LogP contribution < -0.4 is 10.6 Å². The monoisotopic (exact) mass is 405 g/mol. The molecule has 0 aromatic carbocycles. The molecule has 136 valence electrons. The lowest BCUT2D eigenvalue weighted by Crippen LogP contribution is -2.24. The fourth-order valence-electron chi connectivity index (χ4n) is 2.46. The van der Waals surface area contributed by atoms with Crippen LogP contribution in [-0.4, -0.2) is 37.3 Å². The van der Waals surface area contributed by atoms with Crippen LogP contribution in [0, 0.1) is 0 Å². The molecule has 3 atom stereocenters. The topological polar surface area (TPSA) is 124 Å². The summed E-state index contributed by atoms with van der Waals surface area (Å²) in [6, 6.07) is 0. The van der Waals surface area contributed by atoms with Crippen molar-refractivity contribution < 1.29 is 18.9 Å². The molecule has 3 heterocycles. The third-order valence-electron chi connectivity index (χ3n) is 3.59. The smallest absolute Gasteiger partial charge is 0.280 e. The number of aromatic amines is 1. The number of rotatable bonds is 5. The lowest BCUT2D eigenvalue weighted by molar-refractivity contribution is -0.0590. The van der Waals surface area contributed by atoms with Gasteiger partial charge in [0.2, 0.25) is 13.1 Å². The van der Waals surface area contributed by atoms with Gasteiger partial charge in [0.15, 0.2) is 28.9 Å². The molecule has 0 saturated carbocycles. The van der Waals surface area contributed by atoms with Crippen LogP contribution in [0.25, 0.3) is 11.2 Å². The van der Waals surface area contributed by atoms with Gasteiger partial charge in [-0.05, 0) is 35.0 Å². The molecule has 25 heavy (non-hydrogen) atoms. The van der Waals surface area contributed by atoms with Crippen LogP contribution in [0.1, 0.15) is 20.1 Å². The number of aromatic nitrogens is 4. The molecule has 10 nitrogen and oxygen atoms in total. The quantitative estimate of drug-likeness (QED) is 0.636. The number of aliphatic hydroxyl groups excluding tert-OH is 1. The van der Waals surface area contributed by atoms with Crippen molar-refractivity contribution in [3.05, 3.63) is 28.2 Å². The van der Waals surface area contributed by atoms with Gasteiger partial charge in [0.1, 0.15) is 5.60 Å². The number of anilines is 1. The summed E-state index contributed by atoms with van der Waals surface area (Å²) in [4.78, 5) is 22.9. The summed E-state index contributed by atoms with van der Waals surface area (Å²) in [6.45, 7) is 3.46. The van der Waals surface area contributed by atoms with Crippen LogP contribution in [0.4, 0.5) is 5.95 Å². The first-order valence-electron chi connectivity index (χ1n) is 7.09. The fourth-order valence-corrected chi connectivity index (χ4v) is 3.45. The summed E-state index contributed by atoms with van der Waals surface area (Å²) in [5, 5.41) is 13.3. The molecule has 13 heteroatoms. The Hall–Kier alpha value is -1.51. The third-order valence-corrected chi connectivity index (χ3v) is 5.32. The molecule has 1 aliphatic rings. The zero-order chi connectivity index (χ0) is 18.4. The number of fused-ring (bicyclic) bond motifs is 1. The lowest BCUT2D eigenvalue weighted by Gasteiger charge is -2.23. The Morgan fingerprint density at radius 1 is 1.60 bits per heavy atom. The molecule has 0 fully saturated rings. The number of imidazole rings is 1. The maximum Gasteiger partial charge on any atom is 0.280 e. The summed E-state index contributed by atoms with van der Waals surface area (Å²) in [6.07, 6.45) is 0.415. The van der Waals surface area contributed by atoms with Crippen LogP contribution >= 0.6 is 16.5 Å². The van der Waals surface area contributed by atoms with Crippen LogP contribution in [0.15, 0.2) is 22.6 Å². The van der Waals surface area contributed by atoms with E-state index in [2.05, 4.69) is 29.4 Å². The average Bonchev–Trinajstić information content (AvgIpc) is 3.08. The van der Waals surface area contributed by atoms with E-state index in [1.807, 2.05) is 0 Å². The van der Waals surface area contributed by atoms with Crippen LogP contribution in [-0.2, 0) is 25.6 Å². The van der Waals surface area contributed by atoms with Gasteiger partial charge < -0.3 is 24.0 Å². The Morgan fingerprint density at radius 3 is 2.96 bits per heavy atom. The van der Waals surface area contributed by atoms with Crippen LogP contribution in [0.5, 0.6) is 0 Å². The van der Waals surface area contributed by atoms with E-state index in [1.165, 1.54) is 18.0 Å². The van der Waals surface area contributed by atoms with Gasteiger partial charge in [0.05, 0.1) is 6.33 Å². The molecule has 0 amide bonds. The molecule has 0 saturated heterocycles. The van der Waals surface area contributed by atoms with E-state index in [1.54, 1.807) is 13.8 Å². The number of nitrogens with one attached hydrogen (secondary N) is 2. The van der Waals surface area contributed by atoms with Crippen LogP contribution in [0.3, 0.4) is 0 Å². The maximum absolute atomic E-state index is 12.1. The van der Waals surface area contributed by atoms with Crippen molar-refractivity contribution >= 4 is 45.5 Å². The van der Waals surface area contributed by atoms with Crippen molar-refractivity contribution in [3.63, 3.8) is 0 Å². The van der Waals surface area contributed by atoms with Crippen LogP contribution in [0.2, 0.25) is 0 Å². The lowest BCUT2D eigenvalue weighted by atomic mass is 10.1. The number of hydrogen-bond donors (Lipinski definition) is 3. The molecule has 0 aliphatic carbocycles. The van der Waals surface area contributed by atoms with Crippen molar-refractivity contribution in [3.8, 4) is 0 Å². The van der Waals surface area contributed by atoms with Crippen molar-refractivity contribution in [2.24, 2.45) is 0 Å². The van der Waals surface area contributed by atoms with E-state index >= 15 is 0 Å². The summed E-state index contributed by atoms with van der Waals surface area (Å²) >= 11 is 5.07. The van der Waals surface area contributed by atoms with E-state index in [0.717, 1.165) is 0 Å². The van der Waals surface area contributed by atoms with Gasteiger partial charge in [-0.2, -0.15) is 4.98 Å². The Labute approximate surface area is 150 Å². The predicted octanol–water partition coefficient (Wildman–Crippen LogP) is 1.57. The molecule has 1 aliphatic heterocycles. The van der Waals surface area contributed by atoms with E-state index in [-0.39, 0.29) is 28.6 Å². The highest BCUT2D eigenvalue weighted by Crippen LogP contribution is 2.45. The Kier molecular flexibility index (Phi) is 4.87. The number of ether oxygens (including phenoxy) is 1. The summed E-state index contributed by atoms with van der Waals surface area (Å²) < 4.78 is 17.9. The third kappa shape index (κ3) is 3.18. The van der Waals surface area contributed by atoms with Gasteiger partial charge in [-0.25, -0.2) is 4.98 Å². The van der Waals surface area contributed by atoms with Gasteiger partial charge >= 0.3 is 0 Å². The molecule has 0 spiro atoms. The molecule has 2 aromatic rings. The first-order valence-corrected chi connectivity index (χ1v) is 10.1. The molecule has 2 unspecified atom stereocenters. The predicted molar refractivity (Wildman–Crippen MR) is 99.1 cm³/mol. The minimum atomic E-state index is -1.99.